The molecule has 4 heteroatoms. The maximum atomic E-state index is 11.9. The molecule has 0 saturated carbocycles. The molecule has 2 aromatic carbocycles. The molecule has 20 heavy (non-hydrogen) atoms. The minimum absolute atomic E-state index is 0.00917. The first-order chi connectivity index (χ1) is 9.74. The first-order valence-corrected chi connectivity index (χ1v) is 6.79. The number of H-pyrrole nitrogens is 1. The molecule has 3 nitrogen and oxygen atoms in total. The van der Waals surface area contributed by atoms with Crippen LogP contribution in [0.1, 0.15) is 15.9 Å². The summed E-state index contributed by atoms with van der Waals surface area (Å²) in [5.41, 5.74) is 4.80. The fourth-order valence-electron chi connectivity index (χ4n) is 2.81. The van der Waals surface area contributed by atoms with Gasteiger partial charge in [-0.15, -0.1) is 0 Å². The van der Waals surface area contributed by atoms with Crippen LogP contribution in [0.25, 0.3) is 22.0 Å². The van der Waals surface area contributed by atoms with Crippen LogP contribution in [0.3, 0.4) is 0 Å². The second-order valence-corrected chi connectivity index (χ2v) is 5.35. The summed E-state index contributed by atoms with van der Waals surface area (Å²) in [5.74, 6) is -0.00917. The topological polar surface area (TPSA) is 44.9 Å². The fraction of sp³-hybridized carbons (Fsp3) is 0.0625. The summed E-state index contributed by atoms with van der Waals surface area (Å²) >= 11 is 6.06. The Hall–Kier alpha value is -2.26. The molecule has 0 aliphatic carbocycles. The predicted molar refractivity (Wildman–Crippen MR) is 79.9 cm³/mol. The van der Waals surface area contributed by atoms with E-state index in [0.29, 0.717) is 11.6 Å². The lowest BCUT2D eigenvalue weighted by atomic mass is 10.0. The van der Waals surface area contributed by atoms with Crippen LogP contribution in [0.5, 0.6) is 0 Å². The number of aromatic amines is 1. The minimum Gasteiger partial charge on any atom is -0.360 e. The van der Waals surface area contributed by atoms with Crippen molar-refractivity contribution in [3.63, 3.8) is 0 Å². The monoisotopic (exact) mass is 282 g/mol. The van der Waals surface area contributed by atoms with E-state index in [4.69, 9.17) is 11.6 Å². The van der Waals surface area contributed by atoms with Crippen molar-refractivity contribution in [3.8, 4) is 11.1 Å². The Kier molecular flexibility index (Phi) is 2.38. The number of nitrogens with one attached hydrogen (secondary N) is 2. The highest BCUT2D eigenvalue weighted by atomic mass is 35.5. The van der Waals surface area contributed by atoms with Gasteiger partial charge in [0.2, 0.25) is 0 Å². The van der Waals surface area contributed by atoms with Crippen molar-refractivity contribution >= 4 is 28.4 Å². The van der Waals surface area contributed by atoms with Gasteiger partial charge in [-0.3, -0.25) is 4.79 Å². The summed E-state index contributed by atoms with van der Waals surface area (Å²) in [5, 5.41) is 4.60. The molecule has 0 radical (unpaired) electrons. The van der Waals surface area contributed by atoms with Gasteiger partial charge < -0.3 is 10.3 Å². The lowest BCUT2D eigenvalue weighted by Gasteiger charge is -2.02. The van der Waals surface area contributed by atoms with Crippen molar-refractivity contribution in [2.45, 2.75) is 6.54 Å². The first-order valence-electron chi connectivity index (χ1n) is 6.41. The van der Waals surface area contributed by atoms with Gasteiger partial charge in [0, 0.05) is 28.7 Å². The highest BCUT2D eigenvalue weighted by Crippen LogP contribution is 2.33. The zero-order chi connectivity index (χ0) is 13.7. The van der Waals surface area contributed by atoms with Crippen LogP contribution in [0.4, 0.5) is 0 Å². The van der Waals surface area contributed by atoms with Crippen molar-refractivity contribution < 1.29 is 4.79 Å². The average molecular weight is 283 g/mol. The number of aromatic nitrogens is 1. The predicted octanol–water partition coefficient (Wildman–Crippen LogP) is 3.73. The maximum Gasteiger partial charge on any atom is 0.254 e. The maximum absolute atomic E-state index is 11.9. The SMILES string of the molecule is O=C1NCc2ccc3c(-c4cccc(Cl)c4)c[nH]c3c21. The first kappa shape index (κ1) is 11.6. The summed E-state index contributed by atoms with van der Waals surface area (Å²) in [7, 11) is 0. The lowest BCUT2D eigenvalue weighted by Crippen LogP contribution is -2.12. The normalized spacial score (nSPS) is 13.6. The highest BCUT2D eigenvalue weighted by Gasteiger charge is 2.23. The molecule has 0 atom stereocenters. The van der Waals surface area contributed by atoms with E-state index in [0.717, 1.165) is 33.2 Å². The Morgan fingerprint density at radius 2 is 2.05 bits per heavy atom. The number of hydrogen-bond acceptors (Lipinski definition) is 1. The number of rotatable bonds is 1. The smallest absolute Gasteiger partial charge is 0.254 e. The molecular weight excluding hydrogens is 272 g/mol. The van der Waals surface area contributed by atoms with E-state index in [1.54, 1.807) is 0 Å². The third-order valence-corrected chi connectivity index (χ3v) is 3.98. The molecule has 98 valence electrons. The molecule has 1 aliphatic rings. The van der Waals surface area contributed by atoms with Crippen LogP contribution >= 0.6 is 11.6 Å². The second-order valence-electron chi connectivity index (χ2n) is 4.92. The van der Waals surface area contributed by atoms with E-state index < -0.39 is 0 Å². The van der Waals surface area contributed by atoms with E-state index in [-0.39, 0.29) is 5.91 Å². The Morgan fingerprint density at radius 3 is 2.90 bits per heavy atom. The molecule has 0 unspecified atom stereocenters. The second kappa shape index (κ2) is 4.12. The van der Waals surface area contributed by atoms with Crippen LogP contribution in [0.15, 0.2) is 42.6 Å². The van der Waals surface area contributed by atoms with Gasteiger partial charge in [0.25, 0.3) is 5.91 Å². The van der Waals surface area contributed by atoms with Gasteiger partial charge in [-0.1, -0.05) is 35.9 Å². The summed E-state index contributed by atoms with van der Waals surface area (Å²) in [6.07, 6.45) is 1.93. The molecule has 2 heterocycles. The van der Waals surface area contributed by atoms with Gasteiger partial charge in [0.05, 0.1) is 11.1 Å². The van der Waals surface area contributed by atoms with Crippen LogP contribution in [0.2, 0.25) is 5.02 Å². The molecule has 0 saturated heterocycles. The number of fused-ring (bicyclic) bond motifs is 3. The molecule has 0 spiro atoms. The molecule has 1 aromatic heterocycles. The van der Waals surface area contributed by atoms with E-state index in [9.17, 15) is 4.79 Å². The van der Waals surface area contributed by atoms with E-state index in [1.807, 2.05) is 36.5 Å². The standard InChI is InChI=1S/C16H11ClN2O/c17-11-3-1-2-9(6-11)13-8-18-15-12(13)5-4-10-7-19-16(20)14(10)15/h1-6,8,18H,7H2,(H,19,20). The number of amides is 1. The molecule has 1 aliphatic heterocycles. The number of benzene rings is 2. The quantitative estimate of drug-likeness (QED) is 0.702. The van der Waals surface area contributed by atoms with E-state index in [2.05, 4.69) is 16.4 Å². The summed E-state index contributed by atoms with van der Waals surface area (Å²) in [4.78, 5) is 15.2. The number of halogens is 1. The van der Waals surface area contributed by atoms with Crippen molar-refractivity contribution in [2.75, 3.05) is 0 Å². The number of carbonyl (C=O) groups is 1. The molecule has 4 rings (SSSR count). The van der Waals surface area contributed by atoms with E-state index >= 15 is 0 Å². The van der Waals surface area contributed by atoms with Crippen molar-refractivity contribution in [1.82, 2.24) is 10.3 Å². The minimum atomic E-state index is -0.00917. The van der Waals surface area contributed by atoms with Gasteiger partial charge in [0.15, 0.2) is 0 Å². The van der Waals surface area contributed by atoms with Crippen molar-refractivity contribution in [2.24, 2.45) is 0 Å². The van der Waals surface area contributed by atoms with Crippen LogP contribution < -0.4 is 5.32 Å². The number of hydrogen-bond donors (Lipinski definition) is 2. The molecular formula is C16H11ClN2O. The van der Waals surface area contributed by atoms with Gasteiger partial charge in [-0.25, -0.2) is 0 Å². The zero-order valence-corrected chi connectivity index (χ0v) is 11.3. The third kappa shape index (κ3) is 1.57. The molecule has 0 bridgehead atoms. The Morgan fingerprint density at radius 1 is 1.15 bits per heavy atom. The molecule has 0 fully saturated rings. The molecule has 1 amide bonds. The summed E-state index contributed by atoms with van der Waals surface area (Å²) in [6.45, 7) is 0.607. The summed E-state index contributed by atoms with van der Waals surface area (Å²) in [6, 6.07) is 11.8. The Balaban J connectivity index is 2.00. The lowest BCUT2D eigenvalue weighted by molar-refractivity contribution is 0.0967. The van der Waals surface area contributed by atoms with Crippen LogP contribution in [0, 0.1) is 0 Å². The van der Waals surface area contributed by atoms with Crippen molar-refractivity contribution in [1.29, 1.82) is 0 Å². The van der Waals surface area contributed by atoms with Gasteiger partial charge in [0.1, 0.15) is 0 Å². The third-order valence-electron chi connectivity index (χ3n) is 3.74. The summed E-state index contributed by atoms with van der Waals surface area (Å²) < 4.78 is 0. The fourth-order valence-corrected chi connectivity index (χ4v) is 3.00. The average Bonchev–Trinajstić information content (AvgIpc) is 3.02. The van der Waals surface area contributed by atoms with Crippen LogP contribution in [-0.4, -0.2) is 10.9 Å². The van der Waals surface area contributed by atoms with Gasteiger partial charge in [-0.05, 0) is 23.3 Å². The highest BCUT2D eigenvalue weighted by molar-refractivity contribution is 6.31. The zero-order valence-electron chi connectivity index (χ0n) is 10.5. The van der Waals surface area contributed by atoms with E-state index in [1.165, 1.54) is 0 Å². The van der Waals surface area contributed by atoms with Gasteiger partial charge in [-0.2, -0.15) is 0 Å². The Labute approximate surface area is 120 Å². The van der Waals surface area contributed by atoms with Crippen LogP contribution in [-0.2, 0) is 6.54 Å². The molecule has 2 N–H and O–H groups in total. The van der Waals surface area contributed by atoms with Crippen molar-refractivity contribution in [3.05, 3.63) is 58.7 Å². The largest absolute Gasteiger partial charge is 0.360 e. The molecule has 3 aromatic rings. The number of carbonyl (C=O) groups excluding carboxylic acids is 1. The Bertz CT molecular complexity index is 851. The van der Waals surface area contributed by atoms with Gasteiger partial charge >= 0.3 is 0 Å².